The number of nitrogens with zero attached hydrogens (tertiary/aromatic N) is 4. The molecule has 0 saturated carbocycles. The van der Waals surface area contributed by atoms with Crippen LogP contribution in [0.5, 0.6) is 11.5 Å². The maximum Gasteiger partial charge on any atom is 0.165 e. The predicted octanol–water partition coefficient (Wildman–Crippen LogP) is 3.64. The highest BCUT2D eigenvalue weighted by atomic mass is 16.5. The van der Waals surface area contributed by atoms with E-state index in [0.29, 0.717) is 17.2 Å². The molecule has 0 atom stereocenters. The molecule has 0 amide bonds. The van der Waals surface area contributed by atoms with Crippen LogP contribution in [0.4, 0.5) is 5.82 Å². The lowest BCUT2D eigenvalue weighted by Gasteiger charge is -2.14. The maximum atomic E-state index is 10.0. The Bertz CT molecular complexity index is 923. The first-order chi connectivity index (χ1) is 12.6. The van der Waals surface area contributed by atoms with Crippen LogP contribution < -0.4 is 9.75 Å². The number of ether oxygens (including phenoxy) is 1. The van der Waals surface area contributed by atoms with E-state index in [-0.39, 0.29) is 5.75 Å². The topological polar surface area (TPSA) is 70.8 Å². The van der Waals surface area contributed by atoms with Gasteiger partial charge in [0.15, 0.2) is 11.6 Å². The lowest BCUT2D eigenvalue weighted by molar-refractivity contribution is 0.415. The zero-order valence-electron chi connectivity index (χ0n) is 14.9. The van der Waals surface area contributed by atoms with Gasteiger partial charge in [-0.05, 0) is 48.9 Å². The third-order valence-corrected chi connectivity index (χ3v) is 3.81. The molecule has 0 saturated heterocycles. The maximum absolute atomic E-state index is 10.0. The zero-order chi connectivity index (χ0) is 18.5. The largest absolute Gasteiger partial charge is 0.507 e. The molecule has 6 nitrogen and oxygen atoms in total. The molecule has 132 valence electrons. The second-order valence-electron chi connectivity index (χ2n) is 5.75. The summed E-state index contributed by atoms with van der Waals surface area (Å²) in [4.78, 5) is 8.95. The first-order valence-corrected chi connectivity index (χ1v) is 8.12. The van der Waals surface area contributed by atoms with Crippen molar-refractivity contribution in [3.8, 4) is 22.9 Å². The average Bonchev–Trinajstić information content (AvgIpc) is 2.66. The molecule has 0 spiro atoms. The fourth-order valence-electron chi connectivity index (χ4n) is 2.40. The predicted molar refractivity (Wildman–Crippen MR) is 103 cm³/mol. The zero-order valence-corrected chi connectivity index (χ0v) is 14.9. The van der Waals surface area contributed by atoms with Gasteiger partial charge in [0.2, 0.25) is 0 Å². The number of rotatable bonds is 5. The summed E-state index contributed by atoms with van der Waals surface area (Å²) in [6, 6.07) is 16.5. The second kappa shape index (κ2) is 7.65. The second-order valence-corrected chi connectivity index (χ2v) is 5.75. The highest BCUT2D eigenvalue weighted by molar-refractivity contribution is 5.80. The van der Waals surface area contributed by atoms with Crippen LogP contribution >= 0.6 is 0 Å². The van der Waals surface area contributed by atoms with Gasteiger partial charge >= 0.3 is 0 Å². The van der Waals surface area contributed by atoms with Crippen LogP contribution in [0.1, 0.15) is 11.3 Å². The van der Waals surface area contributed by atoms with Crippen LogP contribution in [-0.4, -0.2) is 35.4 Å². The fraction of sp³-hybridized carbons (Fsp3) is 0.150. The summed E-state index contributed by atoms with van der Waals surface area (Å²) in [6.07, 6.45) is 1.75. The van der Waals surface area contributed by atoms with E-state index in [1.165, 1.54) is 0 Å². The third-order valence-electron chi connectivity index (χ3n) is 3.81. The van der Waals surface area contributed by atoms with Crippen molar-refractivity contribution >= 4 is 12.0 Å². The Hall–Kier alpha value is -3.41. The van der Waals surface area contributed by atoms with Crippen molar-refractivity contribution in [3.05, 3.63) is 65.9 Å². The molecule has 0 unspecified atom stereocenters. The first-order valence-electron chi connectivity index (χ1n) is 8.12. The fourth-order valence-corrected chi connectivity index (χ4v) is 2.40. The number of para-hydroxylation sites is 1. The summed E-state index contributed by atoms with van der Waals surface area (Å²) in [7, 11) is 3.45. The van der Waals surface area contributed by atoms with Crippen LogP contribution in [0.3, 0.4) is 0 Å². The molecule has 1 heterocycles. The van der Waals surface area contributed by atoms with E-state index in [9.17, 15) is 5.11 Å². The summed E-state index contributed by atoms with van der Waals surface area (Å²) >= 11 is 0. The number of hydrogen-bond donors (Lipinski definition) is 1. The van der Waals surface area contributed by atoms with Crippen LogP contribution in [0.25, 0.3) is 11.4 Å². The van der Waals surface area contributed by atoms with Crippen molar-refractivity contribution in [2.75, 3.05) is 19.2 Å². The van der Waals surface area contributed by atoms with Crippen LogP contribution in [0.2, 0.25) is 0 Å². The van der Waals surface area contributed by atoms with E-state index in [1.807, 2.05) is 50.4 Å². The normalized spacial score (nSPS) is 10.9. The molecule has 26 heavy (non-hydrogen) atoms. The van der Waals surface area contributed by atoms with Crippen molar-refractivity contribution in [1.29, 1.82) is 0 Å². The highest BCUT2D eigenvalue weighted by Crippen LogP contribution is 2.27. The smallest absolute Gasteiger partial charge is 0.165 e. The van der Waals surface area contributed by atoms with Gasteiger partial charge in [0.1, 0.15) is 11.5 Å². The SMILES string of the molecule is COc1ccc(C=NN(C)c2cc(C)nc(-c3ccccc3O)n2)cc1. The van der Waals surface area contributed by atoms with Crippen LogP contribution in [0.15, 0.2) is 59.7 Å². The van der Waals surface area contributed by atoms with Crippen LogP contribution in [-0.2, 0) is 0 Å². The van der Waals surface area contributed by atoms with Gasteiger partial charge in [-0.3, -0.25) is 5.01 Å². The van der Waals surface area contributed by atoms with Crippen molar-refractivity contribution in [2.24, 2.45) is 5.10 Å². The molecule has 0 aliphatic carbocycles. The van der Waals surface area contributed by atoms with Gasteiger partial charge in [0, 0.05) is 18.8 Å². The summed E-state index contributed by atoms with van der Waals surface area (Å²) in [5.74, 6) is 2.05. The molecule has 2 aromatic carbocycles. The number of benzene rings is 2. The molecule has 0 fully saturated rings. The van der Waals surface area contributed by atoms with Gasteiger partial charge in [-0.1, -0.05) is 12.1 Å². The number of aromatic nitrogens is 2. The van der Waals surface area contributed by atoms with Gasteiger partial charge in [-0.15, -0.1) is 0 Å². The summed E-state index contributed by atoms with van der Waals surface area (Å²) in [5, 5.41) is 16.1. The lowest BCUT2D eigenvalue weighted by atomic mass is 10.2. The molecule has 1 aromatic heterocycles. The number of hydrazone groups is 1. The van der Waals surface area contributed by atoms with Crippen molar-refractivity contribution in [2.45, 2.75) is 6.92 Å². The highest BCUT2D eigenvalue weighted by Gasteiger charge is 2.10. The molecule has 0 aliphatic rings. The Morgan fingerprint density at radius 3 is 2.50 bits per heavy atom. The Kier molecular flexibility index (Phi) is 5.12. The number of hydrogen-bond acceptors (Lipinski definition) is 6. The summed E-state index contributed by atoms with van der Waals surface area (Å²) in [5.41, 5.74) is 2.33. The van der Waals surface area contributed by atoms with Crippen LogP contribution in [0, 0.1) is 6.92 Å². The average molecular weight is 348 g/mol. The molecule has 6 heteroatoms. The number of phenolic OH excluding ortho intramolecular Hbond substituents is 1. The molecule has 0 radical (unpaired) electrons. The molecular formula is C20H20N4O2. The van der Waals surface area contributed by atoms with E-state index < -0.39 is 0 Å². The van der Waals surface area contributed by atoms with E-state index in [2.05, 4.69) is 15.1 Å². The van der Waals surface area contributed by atoms with E-state index >= 15 is 0 Å². The van der Waals surface area contributed by atoms with E-state index in [1.54, 1.807) is 36.5 Å². The summed E-state index contributed by atoms with van der Waals surface area (Å²) < 4.78 is 5.15. The molecule has 1 N–H and O–H groups in total. The van der Waals surface area contributed by atoms with E-state index in [4.69, 9.17) is 4.74 Å². The number of phenols is 1. The van der Waals surface area contributed by atoms with E-state index in [0.717, 1.165) is 17.0 Å². The monoisotopic (exact) mass is 348 g/mol. The molecule has 0 aliphatic heterocycles. The Morgan fingerprint density at radius 2 is 1.81 bits per heavy atom. The van der Waals surface area contributed by atoms with Gasteiger partial charge in [0.25, 0.3) is 0 Å². The van der Waals surface area contributed by atoms with Crippen molar-refractivity contribution in [3.63, 3.8) is 0 Å². The molecular weight excluding hydrogens is 328 g/mol. The van der Waals surface area contributed by atoms with Gasteiger partial charge in [0.05, 0.1) is 18.9 Å². The third kappa shape index (κ3) is 3.97. The quantitative estimate of drug-likeness (QED) is 0.563. The molecule has 0 bridgehead atoms. The van der Waals surface area contributed by atoms with Crippen molar-refractivity contribution < 1.29 is 9.84 Å². The number of aromatic hydroxyl groups is 1. The Labute approximate surface area is 152 Å². The number of anilines is 1. The molecule has 3 aromatic rings. The minimum atomic E-state index is 0.147. The summed E-state index contributed by atoms with van der Waals surface area (Å²) in [6.45, 7) is 1.88. The lowest BCUT2D eigenvalue weighted by Crippen LogP contribution is -2.12. The number of aryl methyl sites for hydroxylation is 1. The Morgan fingerprint density at radius 1 is 1.08 bits per heavy atom. The minimum Gasteiger partial charge on any atom is -0.507 e. The van der Waals surface area contributed by atoms with Crippen molar-refractivity contribution in [1.82, 2.24) is 9.97 Å². The standard InChI is InChI=1S/C20H20N4O2/c1-14-12-19(23-20(22-14)17-6-4-5-7-18(17)25)24(2)21-13-15-8-10-16(26-3)11-9-15/h4-13,25H,1-3H3. The number of methoxy groups -OCH3 is 1. The van der Waals surface area contributed by atoms with Gasteiger partial charge in [-0.2, -0.15) is 5.10 Å². The van der Waals surface area contributed by atoms with Gasteiger partial charge in [-0.25, -0.2) is 9.97 Å². The minimum absolute atomic E-state index is 0.147. The molecule has 3 rings (SSSR count). The first kappa shape index (κ1) is 17.4. The van der Waals surface area contributed by atoms with Gasteiger partial charge < -0.3 is 9.84 Å². The Balaban J connectivity index is 1.86.